The third-order valence-corrected chi connectivity index (χ3v) is 5.76. The third kappa shape index (κ3) is 4.44. The normalized spacial score (nSPS) is 17.2. The number of pyridine rings is 1. The molecule has 0 N–H and O–H groups in total. The number of amides is 1. The second kappa shape index (κ2) is 8.06. The fourth-order valence-electron chi connectivity index (χ4n) is 2.95. The van der Waals surface area contributed by atoms with Crippen LogP contribution in [0.5, 0.6) is 0 Å². The highest BCUT2D eigenvalue weighted by atomic mass is 32.1. The number of hydrogen-bond acceptors (Lipinski definition) is 5. The Morgan fingerprint density at radius 2 is 2.28 bits per heavy atom. The Kier molecular flexibility index (Phi) is 5.81. The summed E-state index contributed by atoms with van der Waals surface area (Å²) in [6.07, 6.45) is 3.95. The summed E-state index contributed by atoms with van der Waals surface area (Å²) < 4.78 is 5.75. The number of carbonyl (C=O) groups excluding carboxylic acids is 1. The van der Waals surface area contributed by atoms with E-state index in [0.29, 0.717) is 19.0 Å². The zero-order chi connectivity index (χ0) is 17.8. The van der Waals surface area contributed by atoms with Gasteiger partial charge in [0.2, 0.25) is 0 Å². The van der Waals surface area contributed by atoms with Crippen LogP contribution in [-0.4, -0.2) is 40.0 Å². The Morgan fingerprint density at radius 1 is 1.44 bits per heavy atom. The van der Waals surface area contributed by atoms with Crippen LogP contribution in [0.15, 0.2) is 24.4 Å². The van der Waals surface area contributed by atoms with Crippen molar-refractivity contribution in [3.63, 3.8) is 0 Å². The van der Waals surface area contributed by atoms with Crippen molar-refractivity contribution in [3.05, 3.63) is 45.7 Å². The first-order valence-electron chi connectivity index (χ1n) is 8.82. The molecule has 1 aliphatic rings. The van der Waals surface area contributed by atoms with E-state index in [9.17, 15) is 4.79 Å². The summed E-state index contributed by atoms with van der Waals surface area (Å²) in [5, 5.41) is 1.01. The van der Waals surface area contributed by atoms with Crippen LogP contribution in [0.1, 0.15) is 58.7 Å². The summed E-state index contributed by atoms with van der Waals surface area (Å²) in [7, 11) is 0. The molecular formula is C19H25N3O2S. The van der Waals surface area contributed by atoms with Gasteiger partial charge in [-0.25, -0.2) is 4.98 Å². The topological polar surface area (TPSA) is 55.3 Å². The van der Waals surface area contributed by atoms with Gasteiger partial charge in [-0.15, -0.1) is 11.3 Å². The minimum Gasteiger partial charge on any atom is -0.376 e. The summed E-state index contributed by atoms with van der Waals surface area (Å²) in [5.74, 6) is 0.357. The van der Waals surface area contributed by atoms with Crippen molar-refractivity contribution in [2.75, 3.05) is 13.2 Å². The van der Waals surface area contributed by atoms with Crippen LogP contribution < -0.4 is 0 Å². The molecular weight excluding hydrogens is 334 g/mol. The molecule has 25 heavy (non-hydrogen) atoms. The van der Waals surface area contributed by atoms with Crippen LogP contribution in [0, 0.1) is 6.92 Å². The van der Waals surface area contributed by atoms with E-state index >= 15 is 0 Å². The van der Waals surface area contributed by atoms with E-state index in [0.717, 1.165) is 40.7 Å². The average molecular weight is 359 g/mol. The van der Waals surface area contributed by atoms with Crippen molar-refractivity contribution in [1.29, 1.82) is 0 Å². The van der Waals surface area contributed by atoms with Gasteiger partial charge in [0.15, 0.2) is 0 Å². The number of aryl methyl sites for hydroxylation is 1. The molecule has 0 saturated carbocycles. The molecule has 1 aliphatic heterocycles. The lowest BCUT2D eigenvalue weighted by molar-refractivity contribution is 0.0507. The highest BCUT2D eigenvalue weighted by Crippen LogP contribution is 2.27. The fourth-order valence-corrected chi connectivity index (χ4v) is 3.98. The van der Waals surface area contributed by atoms with Gasteiger partial charge in [-0.1, -0.05) is 19.9 Å². The zero-order valence-electron chi connectivity index (χ0n) is 15.1. The molecule has 134 valence electrons. The first-order chi connectivity index (χ1) is 12.0. The SMILES string of the molecule is Cc1nc(C(C)C)sc1C(=O)N(Cc1ccccn1)C[C@@H]1CCCO1. The predicted molar refractivity (Wildman–Crippen MR) is 98.9 cm³/mol. The number of carbonyl (C=O) groups is 1. The van der Waals surface area contributed by atoms with Crippen LogP contribution in [0.4, 0.5) is 0 Å². The maximum absolute atomic E-state index is 13.2. The van der Waals surface area contributed by atoms with E-state index < -0.39 is 0 Å². The Labute approximate surface area is 153 Å². The number of aromatic nitrogens is 2. The highest BCUT2D eigenvalue weighted by molar-refractivity contribution is 7.13. The molecule has 3 heterocycles. The molecule has 0 aromatic carbocycles. The van der Waals surface area contributed by atoms with Gasteiger partial charge in [0, 0.05) is 25.3 Å². The molecule has 0 bridgehead atoms. The molecule has 1 fully saturated rings. The summed E-state index contributed by atoms with van der Waals surface area (Å²) in [5.41, 5.74) is 1.71. The number of nitrogens with zero attached hydrogens (tertiary/aromatic N) is 3. The van der Waals surface area contributed by atoms with E-state index in [1.165, 1.54) is 11.3 Å². The van der Waals surface area contributed by atoms with Crippen LogP contribution in [0.2, 0.25) is 0 Å². The second-order valence-electron chi connectivity index (χ2n) is 6.76. The average Bonchev–Trinajstić information content (AvgIpc) is 3.24. The summed E-state index contributed by atoms with van der Waals surface area (Å²) >= 11 is 1.51. The van der Waals surface area contributed by atoms with Gasteiger partial charge in [-0.2, -0.15) is 0 Å². The van der Waals surface area contributed by atoms with Gasteiger partial charge in [-0.05, 0) is 31.9 Å². The van der Waals surface area contributed by atoms with E-state index in [1.807, 2.05) is 30.0 Å². The van der Waals surface area contributed by atoms with Gasteiger partial charge < -0.3 is 9.64 Å². The third-order valence-electron chi connectivity index (χ3n) is 4.32. The maximum atomic E-state index is 13.2. The molecule has 0 radical (unpaired) electrons. The Morgan fingerprint density at radius 3 is 2.88 bits per heavy atom. The minimum atomic E-state index is 0.0306. The van der Waals surface area contributed by atoms with Crippen molar-refractivity contribution >= 4 is 17.2 Å². The molecule has 0 spiro atoms. The van der Waals surface area contributed by atoms with Crippen molar-refractivity contribution in [2.24, 2.45) is 0 Å². The van der Waals surface area contributed by atoms with E-state index in [1.54, 1.807) is 6.20 Å². The van der Waals surface area contributed by atoms with Gasteiger partial charge in [-0.3, -0.25) is 9.78 Å². The monoisotopic (exact) mass is 359 g/mol. The molecule has 6 heteroatoms. The fraction of sp³-hybridized carbons (Fsp3) is 0.526. The summed E-state index contributed by atoms with van der Waals surface area (Å²) in [4.78, 5) is 24.8. The largest absolute Gasteiger partial charge is 0.376 e. The van der Waals surface area contributed by atoms with Crippen molar-refractivity contribution < 1.29 is 9.53 Å². The molecule has 1 atom stereocenters. The quantitative estimate of drug-likeness (QED) is 0.787. The van der Waals surface area contributed by atoms with E-state index in [-0.39, 0.29) is 12.0 Å². The maximum Gasteiger partial charge on any atom is 0.266 e. The highest BCUT2D eigenvalue weighted by Gasteiger charge is 2.27. The summed E-state index contributed by atoms with van der Waals surface area (Å²) in [6, 6.07) is 5.79. The van der Waals surface area contributed by atoms with Gasteiger partial charge in [0.1, 0.15) is 4.88 Å². The van der Waals surface area contributed by atoms with E-state index in [4.69, 9.17) is 4.74 Å². The van der Waals surface area contributed by atoms with Crippen LogP contribution in [0.25, 0.3) is 0 Å². The van der Waals surface area contributed by atoms with Gasteiger partial charge >= 0.3 is 0 Å². The molecule has 5 nitrogen and oxygen atoms in total. The smallest absolute Gasteiger partial charge is 0.266 e. The van der Waals surface area contributed by atoms with Crippen LogP contribution >= 0.6 is 11.3 Å². The predicted octanol–water partition coefficient (Wildman–Crippen LogP) is 3.79. The Bertz CT molecular complexity index is 709. The van der Waals surface area contributed by atoms with Gasteiger partial charge in [0.25, 0.3) is 5.91 Å². The van der Waals surface area contributed by atoms with Crippen molar-refractivity contribution in [3.8, 4) is 0 Å². The number of thiazole rings is 1. The lowest BCUT2D eigenvalue weighted by Crippen LogP contribution is -2.37. The Hall–Kier alpha value is -1.79. The second-order valence-corrected chi connectivity index (χ2v) is 7.79. The molecule has 2 aromatic heterocycles. The summed E-state index contributed by atoms with van der Waals surface area (Å²) in [6.45, 7) is 8.00. The first kappa shape index (κ1) is 18.0. The van der Waals surface area contributed by atoms with E-state index in [2.05, 4.69) is 23.8 Å². The zero-order valence-corrected chi connectivity index (χ0v) is 15.9. The van der Waals surface area contributed by atoms with Gasteiger partial charge in [0.05, 0.1) is 29.0 Å². The molecule has 3 rings (SSSR count). The molecule has 2 aromatic rings. The molecule has 0 aliphatic carbocycles. The molecule has 1 saturated heterocycles. The van der Waals surface area contributed by atoms with Crippen molar-refractivity contribution in [1.82, 2.24) is 14.9 Å². The Balaban J connectivity index is 1.83. The number of ether oxygens (including phenoxy) is 1. The standard InChI is InChI=1S/C19H25N3O2S/c1-13(2)18-21-14(3)17(25-18)19(23)22(12-16-8-6-10-24-16)11-15-7-4-5-9-20-15/h4-5,7,9,13,16H,6,8,10-12H2,1-3H3/t16-/m0/s1. The van der Waals surface area contributed by atoms with Crippen LogP contribution in [-0.2, 0) is 11.3 Å². The van der Waals surface area contributed by atoms with Crippen LogP contribution in [0.3, 0.4) is 0 Å². The number of hydrogen-bond donors (Lipinski definition) is 0. The van der Waals surface area contributed by atoms with Crippen molar-refractivity contribution in [2.45, 2.75) is 52.2 Å². The lowest BCUT2D eigenvalue weighted by atomic mass is 10.2. The minimum absolute atomic E-state index is 0.0306. The molecule has 1 amide bonds. The molecule has 0 unspecified atom stereocenters. The number of rotatable bonds is 6. The lowest BCUT2D eigenvalue weighted by Gasteiger charge is -2.25. The first-order valence-corrected chi connectivity index (χ1v) is 9.64.